The van der Waals surface area contributed by atoms with Crippen molar-refractivity contribution in [2.75, 3.05) is 6.61 Å². The SMILES string of the molecule is Cc1oc(-c2ccc3ccccc3c2)nc1CCOc1ccc2c(c1)CCC2. The topological polar surface area (TPSA) is 35.3 Å². The third kappa shape index (κ3) is 3.29. The van der Waals surface area contributed by atoms with E-state index in [1.54, 1.807) is 0 Å². The van der Waals surface area contributed by atoms with Crippen molar-refractivity contribution in [3.63, 3.8) is 0 Å². The number of aryl methyl sites for hydroxylation is 3. The summed E-state index contributed by atoms with van der Waals surface area (Å²) in [5.74, 6) is 2.49. The highest BCUT2D eigenvalue weighted by Gasteiger charge is 2.13. The molecule has 28 heavy (non-hydrogen) atoms. The molecule has 1 aromatic heterocycles. The molecule has 4 aromatic rings. The highest BCUT2D eigenvalue weighted by Crippen LogP contribution is 2.27. The summed E-state index contributed by atoms with van der Waals surface area (Å²) in [5, 5.41) is 2.41. The number of nitrogens with zero attached hydrogens (tertiary/aromatic N) is 1. The zero-order valence-corrected chi connectivity index (χ0v) is 16.1. The molecular formula is C25H23NO2. The van der Waals surface area contributed by atoms with E-state index in [2.05, 4.69) is 60.7 Å². The fourth-order valence-electron chi connectivity index (χ4n) is 4.01. The Morgan fingerprint density at radius 1 is 0.929 bits per heavy atom. The number of ether oxygens (including phenoxy) is 1. The second-order valence-corrected chi connectivity index (χ2v) is 7.47. The molecule has 0 fully saturated rings. The van der Waals surface area contributed by atoms with Crippen molar-refractivity contribution in [2.45, 2.75) is 32.6 Å². The zero-order chi connectivity index (χ0) is 18.9. The maximum absolute atomic E-state index is 5.98. The Bertz CT molecular complexity index is 1140. The molecule has 0 saturated carbocycles. The zero-order valence-electron chi connectivity index (χ0n) is 16.1. The molecular weight excluding hydrogens is 346 g/mol. The number of benzene rings is 3. The monoisotopic (exact) mass is 369 g/mol. The molecule has 0 N–H and O–H groups in total. The lowest BCUT2D eigenvalue weighted by molar-refractivity contribution is 0.319. The van der Waals surface area contributed by atoms with Gasteiger partial charge in [-0.15, -0.1) is 0 Å². The minimum absolute atomic E-state index is 0.601. The summed E-state index contributed by atoms with van der Waals surface area (Å²) in [4.78, 5) is 4.73. The number of oxazole rings is 1. The third-order valence-corrected chi connectivity index (χ3v) is 5.57. The van der Waals surface area contributed by atoms with Gasteiger partial charge in [-0.25, -0.2) is 4.98 Å². The van der Waals surface area contributed by atoms with Crippen LogP contribution in [0.1, 0.15) is 29.0 Å². The number of aromatic nitrogens is 1. The van der Waals surface area contributed by atoms with E-state index in [-0.39, 0.29) is 0 Å². The van der Waals surface area contributed by atoms with Gasteiger partial charge < -0.3 is 9.15 Å². The maximum Gasteiger partial charge on any atom is 0.226 e. The van der Waals surface area contributed by atoms with Crippen LogP contribution in [0.15, 0.2) is 65.1 Å². The number of hydrogen-bond donors (Lipinski definition) is 0. The van der Waals surface area contributed by atoms with Gasteiger partial charge in [-0.2, -0.15) is 0 Å². The summed E-state index contributed by atoms with van der Waals surface area (Å²) in [6.45, 7) is 2.57. The molecule has 1 aliphatic carbocycles. The van der Waals surface area contributed by atoms with Gasteiger partial charge >= 0.3 is 0 Å². The Hall–Kier alpha value is -3.07. The van der Waals surface area contributed by atoms with Gasteiger partial charge in [0.1, 0.15) is 11.5 Å². The van der Waals surface area contributed by atoms with Gasteiger partial charge in [0.2, 0.25) is 5.89 Å². The minimum atomic E-state index is 0.601. The van der Waals surface area contributed by atoms with Crippen LogP contribution in [-0.2, 0) is 19.3 Å². The van der Waals surface area contributed by atoms with Crippen LogP contribution < -0.4 is 4.74 Å². The summed E-state index contributed by atoms with van der Waals surface area (Å²) >= 11 is 0. The molecule has 0 bridgehead atoms. The van der Waals surface area contributed by atoms with Crippen molar-refractivity contribution in [3.05, 3.63) is 83.2 Å². The van der Waals surface area contributed by atoms with Crippen LogP contribution in [0.25, 0.3) is 22.2 Å². The van der Waals surface area contributed by atoms with Gasteiger partial charge in [0.25, 0.3) is 0 Å². The van der Waals surface area contributed by atoms with Gasteiger partial charge in [0.15, 0.2) is 0 Å². The van der Waals surface area contributed by atoms with E-state index in [0.29, 0.717) is 12.5 Å². The Morgan fingerprint density at radius 2 is 1.79 bits per heavy atom. The van der Waals surface area contributed by atoms with Gasteiger partial charge in [0.05, 0.1) is 12.3 Å². The molecule has 0 unspecified atom stereocenters. The van der Waals surface area contributed by atoms with Crippen molar-refractivity contribution in [1.82, 2.24) is 4.98 Å². The first kappa shape index (κ1) is 17.1. The Balaban J connectivity index is 1.29. The van der Waals surface area contributed by atoms with E-state index in [0.717, 1.165) is 29.2 Å². The summed E-state index contributed by atoms with van der Waals surface area (Å²) in [6, 6.07) is 21.1. The van der Waals surface area contributed by atoms with E-state index >= 15 is 0 Å². The van der Waals surface area contributed by atoms with Crippen LogP contribution in [0.4, 0.5) is 0 Å². The van der Waals surface area contributed by atoms with E-state index in [4.69, 9.17) is 14.1 Å². The minimum Gasteiger partial charge on any atom is -0.493 e. The fraction of sp³-hybridized carbons (Fsp3) is 0.240. The van der Waals surface area contributed by atoms with E-state index < -0.39 is 0 Å². The summed E-state index contributed by atoms with van der Waals surface area (Å²) < 4.78 is 11.9. The fourth-order valence-corrected chi connectivity index (χ4v) is 4.01. The quantitative estimate of drug-likeness (QED) is 0.438. The molecule has 0 spiro atoms. The maximum atomic E-state index is 5.98. The summed E-state index contributed by atoms with van der Waals surface area (Å²) in [6.07, 6.45) is 4.36. The van der Waals surface area contributed by atoms with Crippen molar-refractivity contribution in [2.24, 2.45) is 0 Å². The molecule has 0 aliphatic heterocycles. The molecule has 3 nitrogen and oxygen atoms in total. The summed E-state index contributed by atoms with van der Waals surface area (Å²) in [5.41, 5.74) is 4.88. The van der Waals surface area contributed by atoms with Crippen molar-refractivity contribution >= 4 is 10.8 Å². The first-order chi connectivity index (χ1) is 13.8. The Morgan fingerprint density at radius 3 is 2.71 bits per heavy atom. The normalized spacial score (nSPS) is 13.0. The van der Waals surface area contributed by atoms with Crippen molar-refractivity contribution in [3.8, 4) is 17.2 Å². The van der Waals surface area contributed by atoms with Gasteiger partial charge in [-0.1, -0.05) is 36.4 Å². The van der Waals surface area contributed by atoms with E-state index in [1.165, 1.54) is 41.2 Å². The molecule has 1 aliphatic rings. The van der Waals surface area contributed by atoms with Gasteiger partial charge in [-0.05, 0) is 72.4 Å². The molecule has 3 aromatic carbocycles. The first-order valence-electron chi connectivity index (χ1n) is 9.96. The van der Waals surface area contributed by atoms with E-state index in [9.17, 15) is 0 Å². The lowest BCUT2D eigenvalue weighted by Gasteiger charge is -2.07. The van der Waals surface area contributed by atoms with Crippen LogP contribution in [0.3, 0.4) is 0 Å². The smallest absolute Gasteiger partial charge is 0.226 e. The average molecular weight is 369 g/mol. The van der Waals surface area contributed by atoms with Crippen LogP contribution in [0, 0.1) is 6.92 Å². The molecule has 5 rings (SSSR count). The number of hydrogen-bond acceptors (Lipinski definition) is 3. The second kappa shape index (κ2) is 7.16. The molecule has 0 radical (unpaired) electrons. The predicted molar refractivity (Wildman–Crippen MR) is 112 cm³/mol. The third-order valence-electron chi connectivity index (χ3n) is 5.57. The Kier molecular flexibility index (Phi) is 4.36. The molecule has 0 amide bonds. The number of fused-ring (bicyclic) bond motifs is 2. The van der Waals surface area contributed by atoms with Crippen LogP contribution >= 0.6 is 0 Å². The molecule has 0 atom stereocenters. The highest BCUT2D eigenvalue weighted by molar-refractivity contribution is 5.86. The van der Waals surface area contributed by atoms with Gasteiger partial charge in [-0.3, -0.25) is 0 Å². The van der Waals surface area contributed by atoms with Crippen LogP contribution in [0.5, 0.6) is 5.75 Å². The lowest BCUT2D eigenvalue weighted by Crippen LogP contribution is -2.03. The van der Waals surface area contributed by atoms with Crippen LogP contribution in [-0.4, -0.2) is 11.6 Å². The molecule has 1 heterocycles. The van der Waals surface area contributed by atoms with Crippen LogP contribution in [0.2, 0.25) is 0 Å². The second-order valence-electron chi connectivity index (χ2n) is 7.47. The molecule has 140 valence electrons. The molecule has 3 heteroatoms. The standard InChI is InChI=1S/C25H23NO2/c1-17-24(13-14-27-23-12-11-19-7-4-8-21(19)16-23)26-25(28-17)22-10-9-18-5-2-3-6-20(18)15-22/h2-3,5-6,9-12,15-16H,4,7-8,13-14H2,1H3. The average Bonchev–Trinajstić information content (AvgIpc) is 3.34. The molecule has 0 saturated heterocycles. The largest absolute Gasteiger partial charge is 0.493 e. The highest BCUT2D eigenvalue weighted by atomic mass is 16.5. The van der Waals surface area contributed by atoms with E-state index in [1.807, 2.05) is 6.92 Å². The van der Waals surface area contributed by atoms with Crippen molar-refractivity contribution < 1.29 is 9.15 Å². The first-order valence-corrected chi connectivity index (χ1v) is 9.96. The van der Waals surface area contributed by atoms with Gasteiger partial charge in [0, 0.05) is 12.0 Å². The number of rotatable bonds is 5. The predicted octanol–water partition coefficient (Wildman–Crippen LogP) is 5.91. The van der Waals surface area contributed by atoms with Crippen molar-refractivity contribution in [1.29, 1.82) is 0 Å². The lowest BCUT2D eigenvalue weighted by atomic mass is 10.1. The Labute approximate surface area is 165 Å². The summed E-state index contributed by atoms with van der Waals surface area (Å²) in [7, 11) is 0.